The van der Waals surface area contributed by atoms with Gasteiger partial charge in [0.05, 0.1) is 0 Å². The van der Waals surface area contributed by atoms with E-state index in [1.165, 1.54) is 6.08 Å². The topological polar surface area (TPSA) is 74.6 Å². The minimum absolute atomic E-state index is 0.437. The van der Waals surface area contributed by atoms with Crippen molar-refractivity contribution in [1.82, 2.24) is 0 Å². The molecule has 0 fully saturated rings. The fourth-order valence-corrected chi connectivity index (χ4v) is 0.789. The third-order valence-electron chi connectivity index (χ3n) is 0.798. The van der Waals surface area contributed by atoms with Gasteiger partial charge < -0.3 is 14.6 Å². The average Bonchev–Trinajstić information content (AvgIpc) is 1.81. The average molecular weight is 164 g/mol. The first-order valence-corrected chi connectivity index (χ1v) is 4.34. The summed E-state index contributed by atoms with van der Waals surface area (Å²) in [7, 11) is -4.07. The highest BCUT2D eigenvalue weighted by atomic mass is 31.2. The quantitative estimate of drug-likeness (QED) is 0.470. The lowest BCUT2D eigenvalue weighted by atomic mass is 10.2. The van der Waals surface area contributed by atoms with Crippen molar-refractivity contribution in [3.05, 3.63) is 11.9 Å². The van der Waals surface area contributed by atoms with Crippen molar-refractivity contribution in [3.63, 3.8) is 0 Å². The Morgan fingerprint density at radius 1 is 1.50 bits per heavy atom. The van der Waals surface area contributed by atoms with Crippen LogP contribution in [0.15, 0.2) is 11.9 Å². The Morgan fingerprint density at radius 2 is 2.00 bits per heavy atom. The van der Waals surface area contributed by atoms with Crippen LogP contribution in [-0.2, 0) is 9.36 Å². The number of aldehydes is 1. The number of carbonyl (C=O) groups is 1. The molecule has 0 aliphatic heterocycles. The van der Waals surface area contributed by atoms with Crippen molar-refractivity contribution >= 4 is 13.9 Å². The highest BCUT2D eigenvalue weighted by molar-refractivity contribution is 7.55. The van der Waals surface area contributed by atoms with Crippen LogP contribution < -0.4 is 0 Å². The highest BCUT2D eigenvalue weighted by Gasteiger charge is 2.05. The van der Waals surface area contributed by atoms with Crippen molar-refractivity contribution in [2.24, 2.45) is 5.92 Å². The van der Waals surface area contributed by atoms with E-state index in [9.17, 15) is 9.36 Å². The van der Waals surface area contributed by atoms with Gasteiger partial charge in [0.2, 0.25) is 0 Å². The van der Waals surface area contributed by atoms with Gasteiger partial charge in [0.25, 0.3) is 0 Å². The second-order valence-corrected chi connectivity index (χ2v) is 3.40. The molecule has 5 heteroatoms. The molecule has 0 amide bonds. The largest absolute Gasteiger partial charge is 0.348 e. The molecule has 10 heavy (non-hydrogen) atoms. The first-order chi connectivity index (χ1) is 4.45. The Morgan fingerprint density at radius 3 is 2.30 bits per heavy atom. The molecule has 0 aliphatic rings. The summed E-state index contributed by atoms with van der Waals surface area (Å²) in [5.74, 6) is 0.291. The van der Waals surface area contributed by atoms with E-state index in [0.717, 1.165) is 5.82 Å². The highest BCUT2D eigenvalue weighted by Crippen LogP contribution is 2.36. The molecule has 0 heterocycles. The summed E-state index contributed by atoms with van der Waals surface area (Å²) >= 11 is 0. The Hall–Kier alpha value is -0.440. The Bertz CT molecular complexity index is 180. The molecular weight excluding hydrogens is 155 g/mol. The number of rotatable bonds is 3. The van der Waals surface area contributed by atoms with E-state index in [0.29, 0.717) is 6.29 Å². The summed E-state index contributed by atoms with van der Waals surface area (Å²) in [5, 5.41) is 0. The van der Waals surface area contributed by atoms with Crippen LogP contribution in [0, 0.1) is 5.92 Å². The minimum atomic E-state index is -4.07. The molecule has 0 radical (unpaired) electrons. The molecule has 0 saturated heterocycles. The second kappa shape index (κ2) is 3.66. The number of allylic oxidation sites excluding steroid dienone is 1. The molecule has 58 valence electrons. The predicted molar refractivity (Wildman–Crippen MR) is 36.4 cm³/mol. The SMILES string of the molecule is CC(C=O)C=CP(=O)(O)O. The van der Waals surface area contributed by atoms with Gasteiger partial charge in [-0.15, -0.1) is 0 Å². The van der Waals surface area contributed by atoms with E-state index >= 15 is 0 Å². The lowest BCUT2D eigenvalue weighted by molar-refractivity contribution is -0.109. The smallest absolute Gasteiger partial charge is 0.321 e. The normalized spacial score (nSPS) is 15.5. The lowest BCUT2D eigenvalue weighted by Crippen LogP contribution is -1.88. The molecule has 0 aliphatic carbocycles. The van der Waals surface area contributed by atoms with Crippen molar-refractivity contribution in [2.75, 3.05) is 0 Å². The van der Waals surface area contributed by atoms with Gasteiger partial charge >= 0.3 is 7.60 Å². The van der Waals surface area contributed by atoms with Crippen LogP contribution in [0.25, 0.3) is 0 Å². The van der Waals surface area contributed by atoms with E-state index in [1.54, 1.807) is 6.92 Å². The molecule has 0 bridgehead atoms. The van der Waals surface area contributed by atoms with Crippen LogP contribution in [0.2, 0.25) is 0 Å². The van der Waals surface area contributed by atoms with E-state index in [-0.39, 0.29) is 0 Å². The maximum absolute atomic E-state index is 10.1. The minimum Gasteiger partial charge on any atom is -0.321 e. The lowest BCUT2D eigenvalue weighted by Gasteiger charge is -1.95. The van der Waals surface area contributed by atoms with Gasteiger partial charge in [-0.3, -0.25) is 4.57 Å². The number of hydrogen-bond acceptors (Lipinski definition) is 2. The summed E-state index contributed by atoms with van der Waals surface area (Å²) in [5.41, 5.74) is 0. The van der Waals surface area contributed by atoms with E-state index < -0.39 is 13.5 Å². The molecule has 0 rings (SSSR count). The second-order valence-electron chi connectivity index (χ2n) is 1.93. The summed E-state index contributed by atoms with van der Waals surface area (Å²) < 4.78 is 10.1. The number of carbonyl (C=O) groups excluding carboxylic acids is 1. The van der Waals surface area contributed by atoms with Crippen LogP contribution >= 0.6 is 7.60 Å². The van der Waals surface area contributed by atoms with E-state index in [2.05, 4.69) is 0 Å². The Balaban J connectivity index is 4.00. The van der Waals surface area contributed by atoms with Gasteiger partial charge in [-0.05, 0) is 0 Å². The van der Waals surface area contributed by atoms with Crippen molar-refractivity contribution < 1.29 is 19.1 Å². The van der Waals surface area contributed by atoms with Gasteiger partial charge in [0, 0.05) is 11.7 Å². The Kier molecular flexibility index (Phi) is 3.50. The van der Waals surface area contributed by atoms with Gasteiger partial charge in [0.15, 0.2) is 0 Å². The molecule has 1 unspecified atom stereocenters. The van der Waals surface area contributed by atoms with Crippen molar-refractivity contribution in [2.45, 2.75) is 6.92 Å². The maximum Gasteiger partial charge on any atom is 0.348 e. The molecule has 0 aromatic rings. The van der Waals surface area contributed by atoms with E-state index in [1.807, 2.05) is 0 Å². The zero-order valence-electron chi connectivity index (χ0n) is 5.47. The fourth-order valence-electron chi connectivity index (χ4n) is 0.293. The van der Waals surface area contributed by atoms with Crippen molar-refractivity contribution in [3.8, 4) is 0 Å². The summed E-state index contributed by atoms with van der Waals surface area (Å²) in [6.45, 7) is 1.54. The zero-order chi connectivity index (χ0) is 8.20. The van der Waals surface area contributed by atoms with E-state index in [4.69, 9.17) is 9.79 Å². The molecule has 0 aromatic carbocycles. The van der Waals surface area contributed by atoms with Crippen LogP contribution in [0.5, 0.6) is 0 Å². The first-order valence-electron chi connectivity index (χ1n) is 2.65. The molecule has 0 spiro atoms. The first kappa shape index (κ1) is 9.56. The third-order valence-corrected chi connectivity index (χ3v) is 1.36. The molecule has 2 N–H and O–H groups in total. The molecule has 0 aromatic heterocycles. The fraction of sp³-hybridized carbons (Fsp3) is 0.400. The van der Waals surface area contributed by atoms with Crippen LogP contribution in [-0.4, -0.2) is 16.1 Å². The van der Waals surface area contributed by atoms with Crippen molar-refractivity contribution in [1.29, 1.82) is 0 Å². The van der Waals surface area contributed by atoms with Gasteiger partial charge in [0.1, 0.15) is 6.29 Å². The molecule has 0 saturated carbocycles. The zero-order valence-corrected chi connectivity index (χ0v) is 6.36. The third kappa shape index (κ3) is 5.69. The van der Waals surface area contributed by atoms with Crippen LogP contribution in [0.3, 0.4) is 0 Å². The standard InChI is InChI=1S/C5H9O4P/c1-5(4-6)2-3-10(7,8)9/h2-5H,1H3,(H2,7,8,9). The Labute approximate surface area is 58.7 Å². The monoisotopic (exact) mass is 164 g/mol. The molecular formula is C5H9O4P. The summed E-state index contributed by atoms with van der Waals surface area (Å²) in [4.78, 5) is 26.5. The summed E-state index contributed by atoms with van der Waals surface area (Å²) in [6, 6.07) is 0. The van der Waals surface area contributed by atoms with Crippen LogP contribution in [0.4, 0.5) is 0 Å². The molecule has 4 nitrogen and oxygen atoms in total. The summed E-state index contributed by atoms with van der Waals surface area (Å²) in [6.07, 6.45) is 1.78. The number of hydrogen-bond donors (Lipinski definition) is 2. The van der Waals surface area contributed by atoms with Crippen LogP contribution in [0.1, 0.15) is 6.92 Å². The van der Waals surface area contributed by atoms with Gasteiger partial charge in [-0.2, -0.15) is 0 Å². The van der Waals surface area contributed by atoms with Gasteiger partial charge in [-0.25, -0.2) is 0 Å². The molecule has 1 atom stereocenters. The van der Waals surface area contributed by atoms with Gasteiger partial charge in [-0.1, -0.05) is 13.0 Å². The maximum atomic E-state index is 10.1. The predicted octanol–water partition coefficient (Wildman–Crippen LogP) is 0.513.